The molecule has 3 heteroatoms. The molecule has 0 radical (unpaired) electrons. The van der Waals surface area contributed by atoms with Gasteiger partial charge >= 0.3 is 0 Å². The molecule has 1 aromatic heterocycles. The van der Waals surface area contributed by atoms with Crippen LogP contribution in [0.5, 0.6) is 0 Å². The summed E-state index contributed by atoms with van der Waals surface area (Å²) >= 11 is 1.56. The third-order valence-electron chi connectivity index (χ3n) is 1.79. The molecule has 1 rings (SSSR count). The quantitative estimate of drug-likeness (QED) is 0.594. The van der Waals surface area contributed by atoms with Crippen molar-refractivity contribution in [3.05, 3.63) is 34.0 Å². The summed E-state index contributed by atoms with van der Waals surface area (Å²) in [7, 11) is 0. The molecule has 0 aliphatic heterocycles. The Bertz CT molecular complexity index is 333. The normalized spacial score (nSPS) is 10.6. The van der Waals surface area contributed by atoms with Crippen LogP contribution in [-0.4, -0.2) is 6.54 Å². The standard InChI is InChI=1S/C11H14N2S/c1-2-3-4-7-13-9-11-6-5-10(8-12)14-11/h2-3,5-6,13H,4,7,9H2,1H3/b3-2+. The fourth-order valence-electron chi connectivity index (χ4n) is 1.10. The summed E-state index contributed by atoms with van der Waals surface area (Å²) < 4.78 is 0. The van der Waals surface area contributed by atoms with Gasteiger partial charge in [-0.1, -0.05) is 12.2 Å². The Kier molecular flexibility index (Phi) is 4.98. The van der Waals surface area contributed by atoms with Crippen LogP contribution in [0.3, 0.4) is 0 Å². The van der Waals surface area contributed by atoms with Gasteiger partial charge in [-0.15, -0.1) is 11.3 Å². The van der Waals surface area contributed by atoms with Gasteiger partial charge in [0, 0.05) is 11.4 Å². The molecule has 0 aliphatic rings. The highest BCUT2D eigenvalue weighted by molar-refractivity contribution is 7.12. The molecule has 0 saturated carbocycles. The number of rotatable bonds is 5. The van der Waals surface area contributed by atoms with Crippen molar-refractivity contribution in [2.75, 3.05) is 6.54 Å². The van der Waals surface area contributed by atoms with Gasteiger partial charge in [0.05, 0.1) is 0 Å². The average Bonchev–Trinajstić information content (AvgIpc) is 2.65. The Hall–Kier alpha value is -1.11. The van der Waals surface area contributed by atoms with Gasteiger partial charge in [-0.3, -0.25) is 0 Å². The summed E-state index contributed by atoms with van der Waals surface area (Å²) in [6.45, 7) is 3.88. The molecule has 0 amide bonds. The highest BCUT2D eigenvalue weighted by Gasteiger charge is 1.97. The van der Waals surface area contributed by atoms with Crippen LogP contribution < -0.4 is 5.32 Å². The van der Waals surface area contributed by atoms with Crippen LogP contribution in [0.25, 0.3) is 0 Å². The number of nitrogens with zero attached hydrogens (tertiary/aromatic N) is 1. The first-order chi connectivity index (χ1) is 6.86. The van der Waals surface area contributed by atoms with E-state index in [9.17, 15) is 0 Å². The van der Waals surface area contributed by atoms with Gasteiger partial charge in [0.2, 0.25) is 0 Å². The first-order valence-electron chi connectivity index (χ1n) is 4.67. The third kappa shape index (κ3) is 3.73. The Morgan fingerprint density at radius 2 is 2.43 bits per heavy atom. The van der Waals surface area contributed by atoms with Gasteiger partial charge in [-0.2, -0.15) is 5.26 Å². The van der Waals surface area contributed by atoms with Gasteiger partial charge in [0.1, 0.15) is 10.9 Å². The van der Waals surface area contributed by atoms with Crippen molar-refractivity contribution in [2.24, 2.45) is 0 Å². The highest BCUT2D eigenvalue weighted by Crippen LogP contribution is 2.14. The number of thiophene rings is 1. The molecule has 1 N–H and O–H groups in total. The summed E-state index contributed by atoms with van der Waals surface area (Å²) in [4.78, 5) is 2.01. The van der Waals surface area contributed by atoms with Crippen LogP contribution in [-0.2, 0) is 6.54 Å². The molecule has 0 unspecified atom stereocenters. The van der Waals surface area contributed by atoms with E-state index in [1.807, 2.05) is 19.1 Å². The van der Waals surface area contributed by atoms with Crippen molar-refractivity contribution in [1.82, 2.24) is 5.32 Å². The van der Waals surface area contributed by atoms with Crippen LogP contribution in [0.4, 0.5) is 0 Å². The smallest absolute Gasteiger partial charge is 0.110 e. The van der Waals surface area contributed by atoms with Crippen molar-refractivity contribution < 1.29 is 0 Å². The lowest BCUT2D eigenvalue weighted by Crippen LogP contribution is -2.12. The maximum absolute atomic E-state index is 8.62. The number of hydrogen-bond acceptors (Lipinski definition) is 3. The van der Waals surface area contributed by atoms with Crippen LogP contribution in [0, 0.1) is 11.3 Å². The van der Waals surface area contributed by atoms with Crippen molar-refractivity contribution in [1.29, 1.82) is 5.26 Å². The molecule has 74 valence electrons. The molecular weight excluding hydrogens is 192 g/mol. The molecule has 0 fully saturated rings. The lowest BCUT2D eigenvalue weighted by atomic mass is 10.3. The summed E-state index contributed by atoms with van der Waals surface area (Å²) in [5, 5.41) is 11.9. The number of allylic oxidation sites excluding steroid dienone is 1. The summed E-state index contributed by atoms with van der Waals surface area (Å²) in [6, 6.07) is 6.01. The predicted molar refractivity (Wildman–Crippen MR) is 60.2 cm³/mol. The van der Waals surface area contributed by atoms with E-state index in [0.29, 0.717) is 0 Å². The number of nitrogens with one attached hydrogen (secondary N) is 1. The lowest BCUT2D eigenvalue weighted by Gasteiger charge is -1.98. The molecule has 0 bridgehead atoms. The maximum atomic E-state index is 8.62. The first-order valence-corrected chi connectivity index (χ1v) is 5.49. The molecule has 0 spiro atoms. The zero-order valence-corrected chi connectivity index (χ0v) is 9.10. The van der Waals surface area contributed by atoms with Gasteiger partial charge in [0.25, 0.3) is 0 Å². The molecule has 0 saturated heterocycles. The zero-order chi connectivity index (χ0) is 10.2. The van der Waals surface area contributed by atoms with E-state index < -0.39 is 0 Å². The summed E-state index contributed by atoms with van der Waals surface area (Å²) in [5.74, 6) is 0. The van der Waals surface area contributed by atoms with Crippen molar-refractivity contribution >= 4 is 11.3 Å². The summed E-state index contributed by atoms with van der Waals surface area (Å²) in [6.07, 6.45) is 5.26. The van der Waals surface area contributed by atoms with E-state index in [0.717, 1.165) is 24.4 Å². The zero-order valence-electron chi connectivity index (χ0n) is 8.29. The highest BCUT2D eigenvalue weighted by atomic mass is 32.1. The van der Waals surface area contributed by atoms with E-state index in [1.54, 1.807) is 11.3 Å². The van der Waals surface area contributed by atoms with Gasteiger partial charge in [-0.25, -0.2) is 0 Å². The topological polar surface area (TPSA) is 35.8 Å². The van der Waals surface area contributed by atoms with Gasteiger partial charge in [-0.05, 0) is 32.0 Å². The predicted octanol–water partition coefficient (Wildman–Crippen LogP) is 2.68. The van der Waals surface area contributed by atoms with E-state index in [-0.39, 0.29) is 0 Å². The Labute approximate surface area is 88.9 Å². The SMILES string of the molecule is C/C=C/CCNCc1ccc(C#N)s1. The molecular formula is C11H14N2S. The molecule has 0 aromatic carbocycles. The molecule has 1 heterocycles. The lowest BCUT2D eigenvalue weighted by molar-refractivity contribution is 0.702. The Morgan fingerprint density at radius 1 is 1.57 bits per heavy atom. The minimum atomic E-state index is 0.787. The largest absolute Gasteiger partial charge is 0.312 e. The second kappa shape index (κ2) is 6.36. The monoisotopic (exact) mass is 206 g/mol. The Balaban J connectivity index is 2.22. The van der Waals surface area contributed by atoms with Crippen LogP contribution in [0.2, 0.25) is 0 Å². The average molecular weight is 206 g/mol. The number of nitriles is 1. The van der Waals surface area contributed by atoms with Crippen LogP contribution in [0.1, 0.15) is 23.1 Å². The van der Waals surface area contributed by atoms with Crippen LogP contribution in [0.15, 0.2) is 24.3 Å². The van der Waals surface area contributed by atoms with Crippen molar-refractivity contribution in [3.8, 4) is 6.07 Å². The number of hydrogen-bond donors (Lipinski definition) is 1. The van der Waals surface area contributed by atoms with E-state index in [2.05, 4.69) is 23.5 Å². The minimum absolute atomic E-state index is 0.787. The minimum Gasteiger partial charge on any atom is -0.312 e. The fourth-order valence-corrected chi connectivity index (χ4v) is 1.87. The molecule has 14 heavy (non-hydrogen) atoms. The van der Waals surface area contributed by atoms with Gasteiger partial charge < -0.3 is 5.32 Å². The second-order valence-electron chi connectivity index (χ2n) is 2.91. The molecule has 1 aromatic rings. The van der Waals surface area contributed by atoms with Crippen LogP contribution >= 0.6 is 11.3 Å². The maximum Gasteiger partial charge on any atom is 0.110 e. The summed E-state index contributed by atoms with van der Waals surface area (Å²) in [5.41, 5.74) is 0. The fraction of sp³-hybridized carbons (Fsp3) is 0.364. The van der Waals surface area contributed by atoms with E-state index in [4.69, 9.17) is 5.26 Å². The van der Waals surface area contributed by atoms with Crippen molar-refractivity contribution in [2.45, 2.75) is 19.9 Å². The third-order valence-corrected chi connectivity index (χ3v) is 2.78. The first kappa shape index (κ1) is 11.0. The van der Waals surface area contributed by atoms with Crippen molar-refractivity contribution in [3.63, 3.8) is 0 Å². The van der Waals surface area contributed by atoms with E-state index in [1.165, 1.54) is 4.88 Å². The Morgan fingerprint density at radius 3 is 3.07 bits per heavy atom. The van der Waals surface area contributed by atoms with Gasteiger partial charge in [0.15, 0.2) is 0 Å². The second-order valence-corrected chi connectivity index (χ2v) is 4.08. The molecule has 0 atom stereocenters. The molecule has 2 nitrogen and oxygen atoms in total. The molecule has 0 aliphatic carbocycles. The van der Waals surface area contributed by atoms with E-state index >= 15 is 0 Å².